The van der Waals surface area contributed by atoms with E-state index in [2.05, 4.69) is 18.9 Å². The van der Waals surface area contributed by atoms with Gasteiger partial charge in [-0.3, -0.25) is 5.84 Å². The van der Waals surface area contributed by atoms with Crippen molar-refractivity contribution in [3.05, 3.63) is 0 Å². The second kappa shape index (κ2) is 2.71. The SMILES string of the molecule is CC1(C)CN(N)C2CCCCC21. The molecule has 2 rings (SSSR count). The molecule has 1 heterocycles. The Morgan fingerprint density at radius 3 is 2.58 bits per heavy atom. The van der Waals surface area contributed by atoms with Gasteiger partial charge in [0.2, 0.25) is 0 Å². The second-order valence-corrected chi connectivity index (χ2v) is 5.12. The molecule has 2 atom stereocenters. The van der Waals surface area contributed by atoms with Crippen LogP contribution < -0.4 is 5.84 Å². The Kier molecular flexibility index (Phi) is 1.92. The lowest BCUT2D eigenvalue weighted by atomic mass is 9.72. The van der Waals surface area contributed by atoms with Crippen LogP contribution in [-0.2, 0) is 0 Å². The highest BCUT2D eigenvalue weighted by atomic mass is 15.4. The summed E-state index contributed by atoms with van der Waals surface area (Å²) >= 11 is 0. The number of hydrogen-bond acceptors (Lipinski definition) is 2. The molecule has 0 bridgehead atoms. The summed E-state index contributed by atoms with van der Waals surface area (Å²) in [5, 5.41) is 2.09. The molecule has 0 amide bonds. The molecule has 1 saturated carbocycles. The number of hydrogen-bond donors (Lipinski definition) is 1. The molecule has 2 aliphatic rings. The summed E-state index contributed by atoms with van der Waals surface area (Å²) in [7, 11) is 0. The van der Waals surface area contributed by atoms with Crippen molar-refractivity contribution in [3.63, 3.8) is 0 Å². The van der Waals surface area contributed by atoms with E-state index in [0.29, 0.717) is 11.5 Å². The maximum atomic E-state index is 6.00. The molecule has 1 saturated heterocycles. The summed E-state index contributed by atoms with van der Waals surface area (Å²) in [4.78, 5) is 0. The van der Waals surface area contributed by atoms with E-state index in [1.165, 1.54) is 25.7 Å². The van der Waals surface area contributed by atoms with Crippen molar-refractivity contribution in [1.29, 1.82) is 0 Å². The highest BCUT2D eigenvalue weighted by molar-refractivity contribution is 4.97. The molecule has 0 aromatic heterocycles. The largest absolute Gasteiger partial charge is 0.269 e. The highest BCUT2D eigenvalue weighted by Crippen LogP contribution is 2.45. The Morgan fingerprint density at radius 2 is 1.92 bits per heavy atom. The van der Waals surface area contributed by atoms with Crippen LogP contribution in [0, 0.1) is 11.3 Å². The zero-order valence-corrected chi connectivity index (χ0v) is 8.21. The molecule has 2 unspecified atom stereocenters. The molecule has 1 aliphatic heterocycles. The van der Waals surface area contributed by atoms with E-state index in [-0.39, 0.29) is 0 Å². The summed E-state index contributed by atoms with van der Waals surface area (Å²) in [5.74, 6) is 6.86. The van der Waals surface area contributed by atoms with Crippen LogP contribution in [0.1, 0.15) is 39.5 Å². The standard InChI is InChI=1S/C10H20N2/c1-10(2)7-12(11)9-6-4-3-5-8(9)10/h8-9H,3-7,11H2,1-2H3. The number of nitrogens with two attached hydrogens (primary N) is 1. The predicted octanol–water partition coefficient (Wildman–Crippen LogP) is 1.76. The minimum Gasteiger partial charge on any atom is -0.269 e. The first-order valence-corrected chi connectivity index (χ1v) is 5.12. The van der Waals surface area contributed by atoms with E-state index >= 15 is 0 Å². The first-order chi connectivity index (χ1) is 5.61. The van der Waals surface area contributed by atoms with Crippen LogP contribution in [-0.4, -0.2) is 17.6 Å². The van der Waals surface area contributed by atoms with Crippen LogP contribution in [0.5, 0.6) is 0 Å². The molecule has 70 valence electrons. The van der Waals surface area contributed by atoms with E-state index in [9.17, 15) is 0 Å². The van der Waals surface area contributed by atoms with Gasteiger partial charge in [0.1, 0.15) is 0 Å². The van der Waals surface area contributed by atoms with Crippen LogP contribution >= 0.6 is 0 Å². The Bertz CT molecular complexity index is 177. The molecule has 0 spiro atoms. The molecule has 12 heavy (non-hydrogen) atoms. The minimum absolute atomic E-state index is 0.458. The van der Waals surface area contributed by atoms with E-state index in [1.807, 2.05) is 0 Å². The molecule has 2 N–H and O–H groups in total. The summed E-state index contributed by atoms with van der Waals surface area (Å²) < 4.78 is 0. The lowest BCUT2D eigenvalue weighted by Crippen LogP contribution is -2.39. The fraction of sp³-hybridized carbons (Fsp3) is 1.00. The van der Waals surface area contributed by atoms with Crippen molar-refractivity contribution >= 4 is 0 Å². The van der Waals surface area contributed by atoms with Gasteiger partial charge in [0.05, 0.1) is 0 Å². The van der Waals surface area contributed by atoms with E-state index < -0.39 is 0 Å². The number of rotatable bonds is 0. The topological polar surface area (TPSA) is 29.3 Å². The quantitative estimate of drug-likeness (QED) is 0.558. The monoisotopic (exact) mass is 168 g/mol. The molecule has 2 nitrogen and oxygen atoms in total. The van der Waals surface area contributed by atoms with Gasteiger partial charge in [0, 0.05) is 12.6 Å². The van der Waals surface area contributed by atoms with Crippen LogP contribution in [0.25, 0.3) is 0 Å². The van der Waals surface area contributed by atoms with Gasteiger partial charge in [-0.15, -0.1) is 0 Å². The Labute approximate surface area is 75.1 Å². The lowest BCUT2D eigenvalue weighted by Gasteiger charge is -2.33. The third kappa shape index (κ3) is 1.17. The van der Waals surface area contributed by atoms with Crippen LogP contribution in [0.3, 0.4) is 0 Å². The van der Waals surface area contributed by atoms with Gasteiger partial charge in [0.15, 0.2) is 0 Å². The molecular formula is C10H20N2. The number of fused-ring (bicyclic) bond motifs is 1. The maximum Gasteiger partial charge on any atom is 0.0275 e. The first kappa shape index (κ1) is 8.52. The predicted molar refractivity (Wildman–Crippen MR) is 50.4 cm³/mol. The summed E-state index contributed by atoms with van der Waals surface area (Å²) in [6.45, 7) is 5.81. The summed E-state index contributed by atoms with van der Waals surface area (Å²) in [6.07, 6.45) is 5.51. The van der Waals surface area contributed by atoms with Crippen molar-refractivity contribution in [2.24, 2.45) is 17.2 Å². The smallest absolute Gasteiger partial charge is 0.0275 e. The van der Waals surface area contributed by atoms with Gasteiger partial charge in [-0.2, -0.15) is 0 Å². The van der Waals surface area contributed by atoms with E-state index in [1.54, 1.807) is 0 Å². The van der Waals surface area contributed by atoms with Gasteiger partial charge in [-0.25, -0.2) is 5.01 Å². The first-order valence-electron chi connectivity index (χ1n) is 5.12. The van der Waals surface area contributed by atoms with Crippen molar-refractivity contribution in [2.45, 2.75) is 45.6 Å². The highest BCUT2D eigenvalue weighted by Gasteiger charge is 2.46. The summed E-state index contributed by atoms with van der Waals surface area (Å²) in [6, 6.07) is 0.689. The van der Waals surface area contributed by atoms with Crippen LogP contribution in [0.15, 0.2) is 0 Å². The number of nitrogens with zero attached hydrogens (tertiary/aromatic N) is 1. The average Bonchev–Trinajstić information content (AvgIpc) is 2.25. The third-order valence-electron chi connectivity index (χ3n) is 3.75. The Balaban J connectivity index is 2.16. The molecule has 0 aromatic carbocycles. The van der Waals surface area contributed by atoms with Gasteiger partial charge in [-0.1, -0.05) is 26.7 Å². The van der Waals surface area contributed by atoms with Crippen LogP contribution in [0.2, 0.25) is 0 Å². The van der Waals surface area contributed by atoms with Gasteiger partial charge in [-0.05, 0) is 24.2 Å². The lowest BCUT2D eigenvalue weighted by molar-refractivity contribution is 0.170. The van der Waals surface area contributed by atoms with E-state index in [0.717, 1.165) is 12.5 Å². The van der Waals surface area contributed by atoms with Gasteiger partial charge < -0.3 is 0 Å². The Morgan fingerprint density at radius 1 is 1.25 bits per heavy atom. The molecular weight excluding hydrogens is 148 g/mol. The zero-order chi connectivity index (χ0) is 8.77. The molecule has 1 aliphatic carbocycles. The Hall–Kier alpha value is -0.0800. The molecule has 0 aromatic rings. The third-order valence-corrected chi connectivity index (χ3v) is 3.75. The van der Waals surface area contributed by atoms with Crippen molar-refractivity contribution < 1.29 is 0 Å². The van der Waals surface area contributed by atoms with Crippen molar-refractivity contribution in [3.8, 4) is 0 Å². The fourth-order valence-corrected chi connectivity index (χ4v) is 3.12. The molecule has 2 fully saturated rings. The molecule has 2 heteroatoms. The summed E-state index contributed by atoms with van der Waals surface area (Å²) in [5.41, 5.74) is 0.458. The van der Waals surface area contributed by atoms with Gasteiger partial charge in [0.25, 0.3) is 0 Å². The minimum atomic E-state index is 0.458. The fourth-order valence-electron chi connectivity index (χ4n) is 3.12. The van der Waals surface area contributed by atoms with Crippen molar-refractivity contribution in [2.75, 3.05) is 6.54 Å². The maximum absolute atomic E-state index is 6.00. The zero-order valence-electron chi connectivity index (χ0n) is 8.21. The normalized spacial score (nSPS) is 41.2. The second-order valence-electron chi connectivity index (χ2n) is 5.12. The van der Waals surface area contributed by atoms with E-state index in [4.69, 9.17) is 5.84 Å². The van der Waals surface area contributed by atoms with Gasteiger partial charge >= 0.3 is 0 Å². The number of hydrazine groups is 1. The molecule has 0 radical (unpaired) electrons. The average molecular weight is 168 g/mol. The van der Waals surface area contributed by atoms with Crippen LogP contribution in [0.4, 0.5) is 0 Å². The van der Waals surface area contributed by atoms with Crippen molar-refractivity contribution in [1.82, 2.24) is 5.01 Å².